The molecule has 0 aliphatic carbocycles. The quantitative estimate of drug-likeness (QED) is 0.847. The fourth-order valence-electron chi connectivity index (χ4n) is 1.90. The molecule has 0 radical (unpaired) electrons. The second kappa shape index (κ2) is 7.19. The molecular weight excluding hydrogens is 329 g/mol. The van der Waals surface area contributed by atoms with Gasteiger partial charge in [0.25, 0.3) is 0 Å². The Morgan fingerprint density at radius 3 is 2.50 bits per heavy atom. The average molecular weight is 344 g/mol. The summed E-state index contributed by atoms with van der Waals surface area (Å²) in [6.45, 7) is 0.0490. The lowest BCUT2D eigenvalue weighted by atomic mass is 10.1. The highest BCUT2D eigenvalue weighted by Gasteiger charge is 2.16. The van der Waals surface area contributed by atoms with E-state index in [1.807, 2.05) is 6.07 Å². The molecule has 1 unspecified atom stereocenters. The van der Waals surface area contributed by atoms with Crippen LogP contribution in [0.25, 0.3) is 0 Å². The Bertz CT molecular complexity index is 738. The fourth-order valence-corrected chi connectivity index (χ4v) is 3.22. The summed E-state index contributed by atoms with van der Waals surface area (Å²) >= 11 is 5.58. The van der Waals surface area contributed by atoms with Crippen molar-refractivity contribution >= 4 is 21.6 Å². The van der Waals surface area contributed by atoms with E-state index in [4.69, 9.17) is 11.6 Å². The normalized spacial score (nSPS) is 13.0. The number of benzene rings is 2. The number of nitrogens with one attached hydrogen (secondary N) is 1. The van der Waals surface area contributed by atoms with Crippen LogP contribution in [0.4, 0.5) is 4.39 Å². The van der Waals surface area contributed by atoms with E-state index in [1.165, 1.54) is 0 Å². The van der Waals surface area contributed by atoms with Gasteiger partial charge in [-0.2, -0.15) is 0 Å². The molecule has 0 heterocycles. The molecule has 4 nitrogen and oxygen atoms in total. The maximum absolute atomic E-state index is 13.1. The van der Waals surface area contributed by atoms with Crippen LogP contribution in [0.1, 0.15) is 18.1 Å². The van der Waals surface area contributed by atoms with E-state index in [-0.39, 0.29) is 22.9 Å². The molecule has 0 bridgehead atoms. The van der Waals surface area contributed by atoms with Crippen molar-refractivity contribution in [3.05, 3.63) is 64.9 Å². The van der Waals surface area contributed by atoms with Gasteiger partial charge in [-0.15, -0.1) is 0 Å². The van der Waals surface area contributed by atoms with Crippen LogP contribution in [0.15, 0.2) is 53.4 Å². The van der Waals surface area contributed by atoms with Crippen molar-refractivity contribution in [3.63, 3.8) is 0 Å². The van der Waals surface area contributed by atoms with Crippen LogP contribution in [0.2, 0.25) is 5.02 Å². The summed E-state index contributed by atoms with van der Waals surface area (Å²) < 4.78 is 39.5. The maximum Gasteiger partial charge on any atom is 0.240 e. The van der Waals surface area contributed by atoms with E-state index < -0.39 is 21.9 Å². The third kappa shape index (κ3) is 4.27. The fraction of sp³-hybridized carbons (Fsp3) is 0.200. The first-order valence-electron chi connectivity index (χ1n) is 6.58. The predicted molar refractivity (Wildman–Crippen MR) is 82.6 cm³/mol. The molecule has 7 heteroatoms. The first kappa shape index (κ1) is 16.9. The van der Waals surface area contributed by atoms with Gasteiger partial charge in [0, 0.05) is 6.54 Å². The Labute approximate surface area is 133 Å². The van der Waals surface area contributed by atoms with Crippen LogP contribution in [-0.2, 0) is 10.0 Å². The molecular formula is C15H15ClFNO3S. The molecule has 0 aromatic heterocycles. The zero-order valence-electron chi connectivity index (χ0n) is 11.5. The predicted octanol–water partition coefficient (Wildman–Crippen LogP) is 2.88. The van der Waals surface area contributed by atoms with E-state index in [0.29, 0.717) is 5.56 Å². The largest absolute Gasteiger partial charge is 0.388 e. The molecule has 0 spiro atoms. The van der Waals surface area contributed by atoms with Gasteiger partial charge in [0.05, 0.1) is 16.0 Å². The highest BCUT2D eigenvalue weighted by molar-refractivity contribution is 7.89. The summed E-state index contributed by atoms with van der Waals surface area (Å²) in [5, 5.41) is 9.71. The summed E-state index contributed by atoms with van der Waals surface area (Å²) in [6.07, 6.45) is -0.543. The molecule has 1 atom stereocenters. The molecule has 2 rings (SSSR count). The number of aliphatic hydroxyl groups excluding tert-OH is 1. The molecule has 22 heavy (non-hydrogen) atoms. The Morgan fingerprint density at radius 1 is 1.18 bits per heavy atom. The monoisotopic (exact) mass is 343 g/mol. The Hall–Kier alpha value is -1.47. The van der Waals surface area contributed by atoms with Crippen LogP contribution in [0.5, 0.6) is 0 Å². The maximum atomic E-state index is 13.1. The van der Waals surface area contributed by atoms with E-state index >= 15 is 0 Å². The molecule has 0 saturated carbocycles. The minimum absolute atomic E-state index is 0.0490. The summed E-state index contributed by atoms with van der Waals surface area (Å²) in [6, 6.07) is 12.1. The third-order valence-electron chi connectivity index (χ3n) is 3.10. The Balaban J connectivity index is 1.97. The van der Waals surface area contributed by atoms with E-state index in [0.717, 1.165) is 18.2 Å². The zero-order chi connectivity index (χ0) is 16.2. The second-order valence-electron chi connectivity index (χ2n) is 4.69. The summed E-state index contributed by atoms with van der Waals surface area (Å²) in [4.78, 5) is -0.117. The lowest BCUT2D eigenvalue weighted by molar-refractivity contribution is 0.169. The molecule has 0 fully saturated rings. The van der Waals surface area contributed by atoms with E-state index in [1.54, 1.807) is 24.3 Å². The standard InChI is InChI=1S/C15H15ClFNO3S/c16-13-10-12(6-7-14(13)17)22(20,21)18-9-8-15(19)11-4-2-1-3-5-11/h1-7,10,15,18-19H,8-9H2. The van der Waals surface area contributed by atoms with Gasteiger partial charge in [0.1, 0.15) is 5.82 Å². The number of hydrogen-bond acceptors (Lipinski definition) is 3. The molecule has 2 N–H and O–H groups in total. The van der Waals surface area contributed by atoms with Gasteiger partial charge in [0.15, 0.2) is 0 Å². The van der Waals surface area contributed by atoms with Gasteiger partial charge in [-0.05, 0) is 30.2 Å². The SMILES string of the molecule is O=S(=O)(NCCC(O)c1ccccc1)c1ccc(F)c(Cl)c1. The van der Waals surface area contributed by atoms with Crippen molar-refractivity contribution in [1.82, 2.24) is 4.72 Å². The van der Waals surface area contributed by atoms with Gasteiger partial charge < -0.3 is 5.11 Å². The first-order chi connectivity index (χ1) is 10.4. The highest BCUT2D eigenvalue weighted by Crippen LogP contribution is 2.20. The molecule has 0 aliphatic heterocycles. The van der Waals surface area contributed by atoms with Crippen molar-refractivity contribution in [2.45, 2.75) is 17.4 Å². The van der Waals surface area contributed by atoms with Crippen molar-refractivity contribution in [3.8, 4) is 0 Å². The first-order valence-corrected chi connectivity index (χ1v) is 8.44. The minimum atomic E-state index is -3.79. The average Bonchev–Trinajstić information content (AvgIpc) is 2.50. The van der Waals surface area contributed by atoms with Crippen molar-refractivity contribution in [1.29, 1.82) is 0 Å². The summed E-state index contributed by atoms with van der Waals surface area (Å²) in [5.41, 5.74) is 0.714. The summed E-state index contributed by atoms with van der Waals surface area (Å²) in [5.74, 6) is -0.680. The van der Waals surface area contributed by atoms with Gasteiger partial charge in [-0.1, -0.05) is 41.9 Å². The lowest BCUT2D eigenvalue weighted by Gasteiger charge is -2.12. The van der Waals surface area contributed by atoms with Gasteiger partial charge >= 0.3 is 0 Å². The number of hydrogen-bond donors (Lipinski definition) is 2. The van der Waals surface area contributed by atoms with Crippen molar-refractivity contribution in [2.24, 2.45) is 0 Å². The number of rotatable bonds is 6. The smallest absolute Gasteiger partial charge is 0.240 e. The molecule has 0 amide bonds. The number of sulfonamides is 1. The lowest BCUT2D eigenvalue weighted by Crippen LogP contribution is -2.26. The van der Waals surface area contributed by atoms with Crippen LogP contribution < -0.4 is 4.72 Å². The molecule has 0 saturated heterocycles. The Kier molecular flexibility index (Phi) is 5.52. The van der Waals surface area contributed by atoms with E-state index in [2.05, 4.69) is 4.72 Å². The number of halogens is 2. The second-order valence-corrected chi connectivity index (χ2v) is 6.86. The van der Waals surface area contributed by atoms with Gasteiger partial charge in [-0.25, -0.2) is 17.5 Å². The minimum Gasteiger partial charge on any atom is -0.388 e. The van der Waals surface area contributed by atoms with Gasteiger partial charge in [-0.3, -0.25) is 0 Å². The number of aliphatic hydroxyl groups is 1. The third-order valence-corrected chi connectivity index (χ3v) is 4.84. The molecule has 2 aromatic carbocycles. The van der Waals surface area contributed by atoms with Crippen LogP contribution in [0, 0.1) is 5.82 Å². The highest BCUT2D eigenvalue weighted by atomic mass is 35.5. The van der Waals surface area contributed by atoms with Crippen molar-refractivity contribution < 1.29 is 17.9 Å². The topological polar surface area (TPSA) is 66.4 Å². The Morgan fingerprint density at radius 2 is 1.86 bits per heavy atom. The van der Waals surface area contributed by atoms with Gasteiger partial charge in [0.2, 0.25) is 10.0 Å². The molecule has 118 valence electrons. The summed E-state index contributed by atoms with van der Waals surface area (Å²) in [7, 11) is -3.79. The molecule has 2 aromatic rings. The van der Waals surface area contributed by atoms with Crippen LogP contribution >= 0.6 is 11.6 Å². The van der Waals surface area contributed by atoms with Crippen molar-refractivity contribution in [2.75, 3.05) is 6.54 Å². The van der Waals surface area contributed by atoms with Crippen LogP contribution in [-0.4, -0.2) is 20.1 Å². The van der Waals surface area contributed by atoms with Crippen LogP contribution in [0.3, 0.4) is 0 Å². The molecule has 0 aliphatic rings. The van der Waals surface area contributed by atoms with E-state index in [9.17, 15) is 17.9 Å². The zero-order valence-corrected chi connectivity index (χ0v) is 13.1.